The fraction of sp³-hybridized carbons (Fsp3) is 0.917. The van der Waals surface area contributed by atoms with Crippen molar-refractivity contribution in [2.45, 2.75) is 31.8 Å². The Morgan fingerprint density at radius 1 is 1.32 bits per heavy atom. The van der Waals surface area contributed by atoms with Crippen molar-refractivity contribution in [3.63, 3.8) is 0 Å². The lowest BCUT2D eigenvalue weighted by Crippen LogP contribution is -2.64. The van der Waals surface area contributed by atoms with Gasteiger partial charge in [0.15, 0.2) is 0 Å². The van der Waals surface area contributed by atoms with Gasteiger partial charge in [-0.15, -0.1) is 0 Å². The lowest BCUT2D eigenvalue weighted by Gasteiger charge is -2.47. The average molecular weight is 290 g/mol. The zero-order valence-corrected chi connectivity index (χ0v) is 12.3. The molecule has 0 bridgehead atoms. The smallest absolute Gasteiger partial charge is 0.225 e. The van der Waals surface area contributed by atoms with Crippen molar-refractivity contribution in [3.8, 4) is 0 Å². The van der Waals surface area contributed by atoms with E-state index in [-0.39, 0.29) is 11.8 Å². The third kappa shape index (κ3) is 3.09. The number of amides is 1. The van der Waals surface area contributed by atoms with Gasteiger partial charge in [-0.05, 0) is 19.3 Å². The lowest BCUT2D eigenvalue weighted by atomic mass is 9.88. The molecule has 2 rings (SSSR count). The molecule has 7 heteroatoms. The number of sulfonamides is 1. The summed E-state index contributed by atoms with van der Waals surface area (Å²) in [6.45, 7) is 3.57. The van der Waals surface area contributed by atoms with Crippen LogP contribution in [0.3, 0.4) is 0 Å². The Hall–Kier alpha value is -0.660. The van der Waals surface area contributed by atoms with Gasteiger partial charge in [0, 0.05) is 19.0 Å². The second-order valence-corrected chi connectivity index (χ2v) is 7.69. The van der Waals surface area contributed by atoms with Crippen molar-refractivity contribution < 1.29 is 18.3 Å². The zero-order valence-electron chi connectivity index (χ0n) is 11.5. The number of piperidine rings is 1. The molecule has 0 aromatic rings. The first-order valence-corrected chi connectivity index (χ1v) is 8.56. The minimum absolute atomic E-state index is 0.0614. The largest absolute Gasteiger partial charge is 0.386 e. The number of rotatable bonds is 3. The molecule has 0 aromatic carbocycles. The second-order valence-electron chi connectivity index (χ2n) is 5.71. The summed E-state index contributed by atoms with van der Waals surface area (Å²) in [4.78, 5) is 13.9. The minimum atomic E-state index is -3.14. The van der Waals surface area contributed by atoms with Crippen LogP contribution in [0.2, 0.25) is 0 Å². The van der Waals surface area contributed by atoms with Crippen LogP contribution in [-0.4, -0.2) is 66.7 Å². The van der Waals surface area contributed by atoms with E-state index in [0.29, 0.717) is 45.4 Å². The normalized spacial score (nSPS) is 25.1. The predicted octanol–water partition coefficient (Wildman–Crippen LogP) is -0.359. The summed E-state index contributed by atoms with van der Waals surface area (Å²) in [7, 11) is -3.14. The van der Waals surface area contributed by atoms with Crippen LogP contribution < -0.4 is 0 Å². The highest BCUT2D eigenvalue weighted by Gasteiger charge is 2.44. The molecule has 0 atom stereocenters. The van der Waals surface area contributed by atoms with Gasteiger partial charge >= 0.3 is 0 Å². The van der Waals surface area contributed by atoms with E-state index in [1.54, 1.807) is 4.90 Å². The van der Waals surface area contributed by atoms with Crippen LogP contribution >= 0.6 is 0 Å². The molecule has 6 nitrogen and oxygen atoms in total. The number of hydrogen-bond donors (Lipinski definition) is 1. The van der Waals surface area contributed by atoms with E-state index < -0.39 is 15.6 Å². The molecule has 2 aliphatic heterocycles. The summed E-state index contributed by atoms with van der Waals surface area (Å²) in [5.74, 6) is -0.0364. The van der Waals surface area contributed by atoms with E-state index in [2.05, 4.69) is 0 Å². The number of nitrogens with zero attached hydrogens (tertiary/aromatic N) is 2. The molecule has 0 aliphatic carbocycles. The topological polar surface area (TPSA) is 77.9 Å². The highest BCUT2D eigenvalue weighted by Crippen LogP contribution is 2.29. The summed E-state index contributed by atoms with van der Waals surface area (Å²) in [5.41, 5.74) is -0.705. The molecule has 2 aliphatic rings. The molecule has 110 valence electrons. The van der Waals surface area contributed by atoms with E-state index in [1.807, 2.05) is 6.92 Å². The van der Waals surface area contributed by atoms with Crippen LogP contribution in [0.4, 0.5) is 0 Å². The molecule has 2 fully saturated rings. The van der Waals surface area contributed by atoms with Crippen LogP contribution in [-0.2, 0) is 14.8 Å². The van der Waals surface area contributed by atoms with Gasteiger partial charge in [0.2, 0.25) is 15.9 Å². The highest BCUT2D eigenvalue weighted by atomic mass is 32.2. The molecule has 0 unspecified atom stereocenters. The number of likely N-dealkylation sites (tertiary alicyclic amines) is 1. The van der Waals surface area contributed by atoms with E-state index in [1.165, 1.54) is 10.6 Å². The van der Waals surface area contributed by atoms with Crippen molar-refractivity contribution in [1.29, 1.82) is 0 Å². The molecule has 19 heavy (non-hydrogen) atoms. The fourth-order valence-electron chi connectivity index (χ4n) is 2.74. The minimum Gasteiger partial charge on any atom is -0.386 e. The molecule has 1 amide bonds. The third-order valence-electron chi connectivity index (χ3n) is 4.21. The van der Waals surface area contributed by atoms with Crippen LogP contribution in [0.1, 0.15) is 26.2 Å². The number of β-amino-alcohol motifs (C(OH)–C–C–N with tert-alkyl or cyclic N) is 1. The maximum Gasteiger partial charge on any atom is 0.225 e. The first-order chi connectivity index (χ1) is 8.75. The van der Waals surface area contributed by atoms with Crippen molar-refractivity contribution in [3.05, 3.63) is 0 Å². The molecule has 0 spiro atoms. The van der Waals surface area contributed by atoms with Gasteiger partial charge in [-0.1, -0.05) is 6.92 Å². The Kier molecular flexibility index (Phi) is 3.90. The van der Waals surface area contributed by atoms with Crippen LogP contribution in [0.15, 0.2) is 0 Å². The van der Waals surface area contributed by atoms with Gasteiger partial charge < -0.3 is 10.0 Å². The molecular weight excluding hydrogens is 268 g/mol. The van der Waals surface area contributed by atoms with E-state index in [9.17, 15) is 18.3 Å². The van der Waals surface area contributed by atoms with Crippen molar-refractivity contribution in [2.24, 2.45) is 5.92 Å². The first kappa shape index (κ1) is 14.7. The molecule has 1 N–H and O–H groups in total. The van der Waals surface area contributed by atoms with Crippen LogP contribution in [0.5, 0.6) is 0 Å². The standard InChI is InChI=1S/C12H22N2O4S/c1-3-12(16)8-13(9-12)11(15)10-4-6-14(7-5-10)19(2,17)18/h10,16H,3-9H2,1-2H3. The maximum atomic E-state index is 12.2. The molecule has 0 aromatic heterocycles. The Morgan fingerprint density at radius 3 is 2.26 bits per heavy atom. The summed E-state index contributed by atoms with van der Waals surface area (Å²) >= 11 is 0. The Labute approximate surface area is 114 Å². The average Bonchev–Trinajstić information content (AvgIpc) is 2.33. The van der Waals surface area contributed by atoms with Gasteiger partial charge in [-0.25, -0.2) is 12.7 Å². The highest BCUT2D eigenvalue weighted by molar-refractivity contribution is 7.88. The summed E-state index contributed by atoms with van der Waals surface area (Å²) in [5, 5.41) is 9.90. The lowest BCUT2D eigenvalue weighted by molar-refractivity contribution is -0.161. The molecule has 0 radical (unpaired) electrons. The van der Waals surface area contributed by atoms with Gasteiger partial charge in [0.1, 0.15) is 0 Å². The van der Waals surface area contributed by atoms with Crippen LogP contribution in [0, 0.1) is 5.92 Å². The first-order valence-electron chi connectivity index (χ1n) is 6.71. The number of carbonyl (C=O) groups is 1. The van der Waals surface area contributed by atoms with Crippen molar-refractivity contribution in [2.75, 3.05) is 32.4 Å². The molecule has 0 saturated carbocycles. The summed E-state index contributed by atoms with van der Waals surface area (Å²) in [6.07, 6.45) is 3.01. The summed E-state index contributed by atoms with van der Waals surface area (Å²) < 4.78 is 24.2. The van der Waals surface area contributed by atoms with E-state index >= 15 is 0 Å². The predicted molar refractivity (Wildman–Crippen MR) is 71.0 cm³/mol. The SMILES string of the molecule is CCC1(O)CN(C(=O)C2CCN(S(C)(=O)=O)CC2)C1. The second kappa shape index (κ2) is 5.03. The molecule has 2 heterocycles. The van der Waals surface area contributed by atoms with Gasteiger partial charge in [0.25, 0.3) is 0 Å². The van der Waals surface area contributed by atoms with Crippen LogP contribution in [0.25, 0.3) is 0 Å². The zero-order chi connectivity index (χ0) is 14.3. The van der Waals surface area contributed by atoms with Gasteiger partial charge in [-0.2, -0.15) is 0 Å². The molecule has 2 saturated heterocycles. The number of hydrogen-bond acceptors (Lipinski definition) is 4. The maximum absolute atomic E-state index is 12.2. The monoisotopic (exact) mass is 290 g/mol. The fourth-order valence-corrected chi connectivity index (χ4v) is 3.61. The van der Waals surface area contributed by atoms with E-state index in [4.69, 9.17) is 0 Å². The van der Waals surface area contributed by atoms with E-state index in [0.717, 1.165) is 0 Å². The third-order valence-corrected chi connectivity index (χ3v) is 5.52. The summed E-state index contributed by atoms with van der Waals surface area (Å²) in [6, 6.07) is 0. The Bertz CT molecular complexity index is 448. The Morgan fingerprint density at radius 2 is 1.84 bits per heavy atom. The Balaban J connectivity index is 1.84. The van der Waals surface area contributed by atoms with Crippen molar-refractivity contribution in [1.82, 2.24) is 9.21 Å². The quantitative estimate of drug-likeness (QED) is 0.770. The molecular formula is C12H22N2O4S. The number of aliphatic hydroxyl groups is 1. The van der Waals surface area contributed by atoms with Gasteiger partial charge in [-0.3, -0.25) is 4.79 Å². The van der Waals surface area contributed by atoms with Gasteiger partial charge in [0.05, 0.1) is 24.9 Å². The number of carbonyl (C=O) groups excluding carboxylic acids is 1. The van der Waals surface area contributed by atoms with Crippen molar-refractivity contribution >= 4 is 15.9 Å².